The Hall–Kier alpha value is -2.75. The molecule has 1 aromatic heterocycles. The van der Waals surface area contributed by atoms with Crippen molar-refractivity contribution >= 4 is 16.8 Å². The van der Waals surface area contributed by atoms with Crippen LogP contribution in [0.5, 0.6) is 11.5 Å². The van der Waals surface area contributed by atoms with Gasteiger partial charge in [-0.15, -0.1) is 0 Å². The number of aromatic nitrogens is 1. The number of ether oxygens (including phenoxy) is 2. The highest BCUT2D eigenvalue weighted by atomic mass is 16.5. The number of benzene rings is 2. The van der Waals surface area contributed by atoms with Crippen LogP contribution in [-0.2, 0) is 0 Å². The molecule has 0 N–H and O–H groups in total. The van der Waals surface area contributed by atoms with Gasteiger partial charge in [0.05, 0.1) is 17.8 Å². The summed E-state index contributed by atoms with van der Waals surface area (Å²) in [4.78, 5) is 12.6. The fraction of sp³-hybridized carbons (Fsp3) is 0.318. The van der Waals surface area contributed by atoms with E-state index in [-0.39, 0.29) is 17.7 Å². The average Bonchev–Trinajstić information content (AvgIpc) is 2.95. The SMILES string of the molecule is CC(=O)n1c2c(c3ccccc31)OC(C)(C)[C@H]1COc3ccccc3[C@@H]21. The maximum Gasteiger partial charge on any atom is 0.228 e. The third kappa shape index (κ3) is 1.93. The second-order valence-corrected chi connectivity index (χ2v) is 7.72. The first-order valence-electron chi connectivity index (χ1n) is 9.04. The zero-order chi connectivity index (χ0) is 18.1. The Balaban J connectivity index is 1.90. The molecule has 3 heterocycles. The van der Waals surface area contributed by atoms with Crippen molar-refractivity contribution in [3.05, 3.63) is 59.8 Å². The standard InChI is InChI=1S/C22H21NO3/c1-13(24)23-17-10-6-4-8-14(17)21-20(23)19-15-9-5-7-11-18(15)25-12-16(19)22(2,3)26-21/h4-11,16,19H,12H2,1-3H3/t16-,19+/m0/s1. The lowest BCUT2D eigenvalue weighted by Crippen LogP contribution is -2.49. The normalized spacial score (nSPS) is 22.6. The van der Waals surface area contributed by atoms with E-state index in [1.807, 2.05) is 47.0 Å². The molecule has 0 fully saturated rings. The molecule has 0 radical (unpaired) electrons. The molecule has 0 amide bonds. The Morgan fingerprint density at radius 1 is 1.12 bits per heavy atom. The number of hydrogen-bond donors (Lipinski definition) is 0. The second kappa shape index (κ2) is 5.13. The van der Waals surface area contributed by atoms with Crippen LogP contribution < -0.4 is 9.47 Å². The van der Waals surface area contributed by atoms with Crippen molar-refractivity contribution in [2.75, 3.05) is 6.61 Å². The Morgan fingerprint density at radius 2 is 1.85 bits per heavy atom. The molecule has 0 saturated heterocycles. The van der Waals surface area contributed by atoms with Crippen LogP contribution in [0, 0.1) is 5.92 Å². The van der Waals surface area contributed by atoms with Crippen LogP contribution in [0.3, 0.4) is 0 Å². The lowest BCUT2D eigenvalue weighted by Gasteiger charge is -2.46. The van der Waals surface area contributed by atoms with Gasteiger partial charge in [0.25, 0.3) is 0 Å². The predicted octanol–water partition coefficient (Wildman–Crippen LogP) is 4.61. The van der Waals surface area contributed by atoms with Gasteiger partial charge in [-0.2, -0.15) is 0 Å². The Morgan fingerprint density at radius 3 is 2.65 bits per heavy atom. The van der Waals surface area contributed by atoms with Gasteiger partial charge in [-0.25, -0.2) is 0 Å². The van der Waals surface area contributed by atoms with Crippen molar-refractivity contribution < 1.29 is 14.3 Å². The minimum absolute atomic E-state index is 0.00785. The summed E-state index contributed by atoms with van der Waals surface area (Å²) < 4.78 is 14.4. The van der Waals surface area contributed by atoms with Crippen molar-refractivity contribution in [2.45, 2.75) is 32.3 Å². The van der Waals surface area contributed by atoms with E-state index in [0.717, 1.165) is 33.7 Å². The summed E-state index contributed by atoms with van der Waals surface area (Å²) in [6, 6.07) is 16.1. The average molecular weight is 347 g/mol. The molecule has 0 unspecified atom stereocenters. The van der Waals surface area contributed by atoms with E-state index >= 15 is 0 Å². The van der Waals surface area contributed by atoms with E-state index in [1.165, 1.54) is 0 Å². The van der Waals surface area contributed by atoms with Crippen LogP contribution in [0.15, 0.2) is 48.5 Å². The summed E-state index contributed by atoms with van der Waals surface area (Å²) >= 11 is 0. The molecule has 132 valence electrons. The molecule has 2 aliphatic rings. The molecule has 26 heavy (non-hydrogen) atoms. The second-order valence-electron chi connectivity index (χ2n) is 7.72. The number of para-hydroxylation sites is 2. The highest BCUT2D eigenvalue weighted by Crippen LogP contribution is 2.55. The van der Waals surface area contributed by atoms with Crippen molar-refractivity contribution in [1.82, 2.24) is 4.57 Å². The van der Waals surface area contributed by atoms with E-state index in [1.54, 1.807) is 6.92 Å². The monoisotopic (exact) mass is 347 g/mol. The highest BCUT2D eigenvalue weighted by Gasteiger charge is 2.50. The lowest BCUT2D eigenvalue weighted by atomic mass is 9.71. The number of carbonyl (C=O) groups is 1. The molecule has 3 aromatic rings. The van der Waals surface area contributed by atoms with Crippen LogP contribution in [0.25, 0.3) is 10.9 Å². The first-order chi connectivity index (χ1) is 12.5. The van der Waals surface area contributed by atoms with Gasteiger partial charge in [0.1, 0.15) is 17.1 Å². The molecular formula is C22H21NO3. The molecule has 0 saturated carbocycles. The number of fused-ring (bicyclic) bond motifs is 7. The molecular weight excluding hydrogens is 326 g/mol. The molecule has 0 bridgehead atoms. The molecule has 4 heteroatoms. The predicted molar refractivity (Wildman–Crippen MR) is 100 cm³/mol. The van der Waals surface area contributed by atoms with Gasteiger partial charge in [-0.05, 0) is 32.0 Å². The maximum absolute atomic E-state index is 12.6. The van der Waals surface area contributed by atoms with Crippen molar-refractivity contribution in [3.63, 3.8) is 0 Å². The van der Waals surface area contributed by atoms with Crippen LogP contribution in [0.2, 0.25) is 0 Å². The van der Waals surface area contributed by atoms with Crippen LogP contribution in [0.1, 0.15) is 42.7 Å². The molecule has 0 aliphatic carbocycles. The summed E-state index contributed by atoms with van der Waals surface area (Å²) in [5.41, 5.74) is 2.60. The third-order valence-corrected chi connectivity index (χ3v) is 5.81. The van der Waals surface area contributed by atoms with Gasteiger partial charge in [0, 0.05) is 29.7 Å². The third-order valence-electron chi connectivity index (χ3n) is 5.81. The zero-order valence-corrected chi connectivity index (χ0v) is 15.2. The van der Waals surface area contributed by atoms with Crippen molar-refractivity contribution in [3.8, 4) is 11.5 Å². The van der Waals surface area contributed by atoms with Crippen LogP contribution in [-0.4, -0.2) is 22.7 Å². The van der Waals surface area contributed by atoms with E-state index in [4.69, 9.17) is 9.47 Å². The fourth-order valence-electron chi connectivity index (χ4n) is 4.60. The van der Waals surface area contributed by atoms with E-state index in [2.05, 4.69) is 19.9 Å². The molecule has 0 spiro atoms. The van der Waals surface area contributed by atoms with E-state index < -0.39 is 5.60 Å². The Kier molecular flexibility index (Phi) is 3.06. The minimum atomic E-state index is -0.392. The lowest BCUT2D eigenvalue weighted by molar-refractivity contribution is -0.0142. The van der Waals surface area contributed by atoms with Gasteiger partial charge in [-0.1, -0.05) is 30.3 Å². The number of rotatable bonds is 0. The van der Waals surface area contributed by atoms with Crippen molar-refractivity contribution in [2.24, 2.45) is 5.92 Å². The molecule has 2 aliphatic heterocycles. The topological polar surface area (TPSA) is 40.5 Å². The van der Waals surface area contributed by atoms with Crippen LogP contribution >= 0.6 is 0 Å². The molecule has 2 aromatic carbocycles. The molecule has 2 atom stereocenters. The van der Waals surface area contributed by atoms with Gasteiger partial charge in [0.15, 0.2) is 0 Å². The van der Waals surface area contributed by atoms with Gasteiger partial charge >= 0.3 is 0 Å². The summed E-state index contributed by atoms with van der Waals surface area (Å²) in [7, 11) is 0. The Bertz CT molecular complexity index is 1050. The summed E-state index contributed by atoms with van der Waals surface area (Å²) in [5.74, 6) is 1.94. The fourth-order valence-corrected chi connectivity index (χ4v) is 4.60. The summed E-state index contributed by atoms with van der Waals surface area (Å²) in [6.07, 6.45) is 0. The smallest absolute Gasteiger partial charge is 0.228 e. The zero-order valence-electron chi connectivity index (χ0n) is 15.2. The number of carbonyl (C=O) groups excluding carboxylic acids is 1. The largest absolute Gasteiger partial charge is 0.493 e. The number of hydrogen-bond acceptors (Lipinski definition) is 3. The Labute approximate surface area is 152 Å². The van der Waals surface area contributed by atoms with Gasteiger partial charge in [-0.3, -0.25) is 9.36 Å². The van der Waals surface area contributed by atoms with Crippen LogP contribution in [0.4, 0.5) is 0 Å². The first kappa shape index (κ1) is 15.5. The van der Waals surface area contributed by atoms with E-state index in [9.17, 15) is 4.79 Å². The molecule has 5 rings (SSSR count). The summed E-state index contributed by atoms with van der Waals surface area (Å²) in [5, 5.41) is 0.994. The number of nitrogens with zero attached hydrogens (tertiary/aromatic N) is 1. The minimum Gasteiger partial charge on any atom is -0.493 e. The van der Waals surface area contributed by atoms with Gasteiger partial charge in [0.2, 0.25) is 5.91 Å². The maximum atomic E-state index is 12.6. The van der Waals surface area contributed by atoms with E-state index in [0.29, 0.717) is 6.61 Å². The first-order valence-corrected chi connectivity index (χ1v) is 9.04. The van der Waals surface area contributed by atoms with Crippen molar-refractivity contribution in [1.29, 1.82) is 0 Å². The highest BCUT2D eigenvalue weighted by molar-refractivity contribution is 5.98. The van der Waals surface area contributed by atoms with Gasteiger partial charge < -0.3 is 9.47 Å². The molecule has 4 nitrogen and oxygen atoms in total. The quantitative estimate of drug-likeness (QED) is 0.596. The summed E-state index contributed by atoms with van der Waals surface area (Å²) in [6.45, 7) is 6.43.